The maximum atomic E-state index is 12.3. The molecule has 142 valence electrons. The second-order valence-electron chi connectivity index (χ2n) is 7.63. The molecule has 1 aliphatic heterocycles. The second-order valence-corrected chi connectivity index (χ2v) is 7.63. The van der Waals surface area contributed by atoms with Crippen molar-refractivity contribution in [3.8, 4) is 5.75 Å². The Kier molecular flexibility index (Phi) is 5.58. The molecule has 3 rings (SSSR count). The number of rotatable bonds is 6. The Labute approximate surface area is 161 Å². The average molecular weight is 367 g/mol. The first-order chi connectivity index (χ1) is 12.8. The number of amides is 1. The molecular formula is C21H26BNO4. The minimum atomic E-state index is -0.425. The Morgan fingerprint density at radius 3 is 2.15 bits per heavy atom. The summed E-state index contributed by atoms with van der Waals surface area (Å²) in [6.45, 7) is 8.94. The van der Waals surface area contributed by atoms with E-state index in [1.165, 1.54) is 0 Å². The molecule has 5 nitrogen and oxygen atoms in total. The lowest BCUT2D eigenvalue weighted by Crippen LogP contribution is -2.41. The van der Waals surface area contributed by atoms with Gasteiger partial charge in [0.1, 0.15) is 12.4 Å². The molecule has 0 radical (unpaired) electrons. The Bertz CT molecular complexity index is 759. The SMILES string of the molecule is CC1(C)OB(c2ccc(C(=O)NCCOc3ccccc3)cc2)OC1(C)C. The summed E-state index contributed by atoms with van der Waals surface area (Å²) < 4.78 is 17.6. The summed E-state index contributed by atoms with van der Waals surface area (Å²) in [6.07, 6.45) is 0. The minimum Gasteiger partial charge on any atom is -0.492 e. The first-order valence-electron chi connectivity index (χ1n) is 9.20. The molecule has 0 spiro atoms. The molecule has 1 fully saturated rings. The molecule has 0 atom stereocenters. The zero-order valence-electron chi connectivity index (χ0n) is 16.3. The minimum absolute atomic E-state index is 0.132. The summed E-state index contributed by atoms with van der Waals surface area (Å²) in [4.78, 5) is 12.3. The fourth-order valence-electron chi connectivity index (χ4n) is 2.72. The Morgan fingerprint density at radius 1 is 0.963 bits per heavy atom. The van der Waals surface area contributed by atoms with Crippen LogP contribution in [0.2, 0.25) is 0 Å². The molecule has 1 heterocycles. The van der Waals surface area contributed by atoms with Crippen molar-refractivity contribution in [1.29, 1.82) is 0 Å². The van der Waals surface area contributed by atoms with Gasteiger partial charge in [0.2, 0.25) is 0 Å². The first kappa shape index (κ1) is 19.5. The van der Waals surface area contributed by atoms with E-state index in [9.17, 15) is 4.79 Å². The highest BCUT2D eigenvalue weighted by Crippen LogP contribution is 2.36. The van der Waals surface area contributed by atoms with Crippen molar-refractivity contribution in [3.63, 3.8) is 0 Å². The van der Waals surface area contributed by atoms with Crippen molar-refractivity contribution < 1.29 is 18.8 Å². The molecule has 0 unspecified atom stereocenters. The van der Waals surface area contributed by atoms with Crippen molar-refractivity contribution >= 4 is 18.5 Å². The smallest absolute Gasteiger partial charge is 0.492 e. The van der Waals surface area contributed by atoms with Crippen molar-refractivity contribution in [2.45, 2.75) is 38.9 Å². The van der Waals surface area contributed by atoms with Crippen LogP contribution in [0.4, 0.5) is 0 Å². The zero-order chi connectivity index (χ0) is 19.5. The monoisotopic (exact) mass is 367 g/mol. The van der Waals surface area contributed by atoms with Crippen LogP contribution < -0.4 is 15.5 Å². The van der Waals surface area contributed by atoms with E-state index in [1.807, 2.05) is 70.2 Å². The van der Waals surface area contributed by atoms with Crippen LogP contribution in [0.1, 0.15) is 38.1 Å². The molecule has 27 heavy (non-hydrogen) atoms. The van der Waals surface area contributed by atoms with E-state index in [4.69, 9.17) is 14.0 Å². The number of carbonyl (C=O) groups excluding carboxylic acids is 1. The molecule has 1 N–H and O–H groups in total. The molecule has 6 heteroatoms. The highest BCUT2D eigenvalue weighted by Gasteiger charge is 2.51. The maximum absolute atomic E-state index is 12.3. The predicted molar refractivity (Wildman–Crippen MR) is 106 cm³/mol. The van der Waals surface area contributed by atoms with Gasteiger partial charge in [-0.05, 0) is 57.4 Å². The highest BCUT2D eigenvalue weighted by molar-refractivity contribution is 6.62. The normalized spacial score (nSPS) is 17.6. The van der Waals surface area contributed by atoms with Crippen molar-refractivity contribution in [2.75, 3.05) is 13.2 Å². The summed E-state index contributed by atoms with van der Waals surface area (Å²) >= 11 is 0. The van der Waals surface area contributed by atoms with Crippen molar-refractivity contribution in [3.05, 3.63) is 60.2 Å². The van der Waals surface area contributed by atoms with Gasteiger partial charge in [-0.2, -0.15) is 0 Å². The molecule has 1 amide bonds. The fraction of sp³-hybridized carbons (Fsp3) is 0.381. The lowest BCUT2D eigenvalue weighted by Gasteiger charge is -2.32. The fourth-order valence-corrected chi connectivity index (χ4v) is 2.72. The van der Waals surface area contributed by atoms with Gasteiger partial charge in [-0.15, -0.1) is 0 Å². The van der Waals surface area contributed by atoms with Gasteiger partial charge in [0.05, 0.1) is 17.7 Å². The summed E-state index contributed by atoms with van der Waals surface area (Å²) in [5, 5.41) is 2.86. The zero-order valence-corrected chi connectivity index (χ0v) is 16.3. The quantitative estimate of drug-likeness (QED) is 0.630. The van der Waals surface area contributed by atoms with Gasteiger partial charge in [-0.25, -0.2) is 0 Å². The van der Waals surface area contributed by atoms with E-state index in [1.54, 1.807) is 12.1 Å². The lowest BCUT2D eigenvalue weighted by atomic mass is 9.79. The Hall–Kier alpha value is -2.31. The highest BCUT2D eigenvalue weighted by atomic mass is 16.7. The van der Waals surface area contributed by atoms with E-state index >= 15 is 0 Å². The first-order valence-corrected chi connectivity index (χ1v) is 9.20. The number of para-hydroxylation sites is 1. The van der Waals surface area contributed by atoms with Crippen LogP contribution >= 0.6 is 0 Å². The number of hydrogen-bond donors (Lipinski definition) is 1. The standard InChI is InChI=1S/C21H26BNO4/c1-20(2)21(3,4)27-22(26-20)17-12-10-16(11-13-17)19(24)23-14-15-25-18-8-6-5-7-9-18/h5-13H,14-15H2,1-4H3,(H,23,24). The van der Waals surface area contributed by atoms with Gasteiger partial charge in [0.15, 0.2) is 0 Å². The largest absolute Gasteiger partial charge is 0.494 e. The molecule has 0 saturated carbocycles. The predicted octanol–water partition coefficient (Wildman–Crippen LogP) is 2.79. The molecule has 2 aromatic rings. The van der Waals surface area contributed by atoms with Crippen LogP contribution in [0.5, 0.6) is 5.75 Å². The Balaban J connectivity index is 1.50. The lowest BCUT2D eigenvalue weighted by molar-refractivity contribution is 0.00578. The van der Waals surface area contributed by atoms with Gasteiger partial charge in [-0.1, -0.05) is 30.3 Å². The third-order valence-electron chi connectivity index (χ3n) is 5.10. The topological polar surface area (TPSA) is 56.8 Å². The number of ether oxygens (including phenoxy) is 1. The van der Waals surface area contributed by atoms with Gasteiger partial charge in [-0.3, -0.25) is 4.79 Å². The van der Waals surface area contributed by atoms with Gasteiger partial charge in [0.25, 0.3) is 5.91 Å². The maximum Gasteiger partial charge on any atom is 0.494 e. The summed E-state index contributed by atoms with van der Waals surface area (Å²) in [7, 11) is -0.425. The van der Waals surface area contributed by atoms with Crippen LogP contribution in [0.15, 0.2) is 54.6 Å². The third kappa shape index (κ3) is 4.52. The molecule has 0 aliphatic carbocycles. The van der Waals surface area contributed by atoms with E-state index in [2.05, 4.69) is 5.32 Å². The van der Waals surface area contributed by atoms with Gasteiger partial charge >= 0.3 is 7.12 Å². The van der Waals surface area contributed by atoms with Crippen LogP contribution in [-0.2, 0) is 9.31 Å². The summed E-state index contributed by atoms with van der Waals surface area (Å²) in [6, 6.07) is 16.8. The molecular weight excluding hydrogens is 341 g/mol. The summed E-state index contributed by atoms with van der Waals surface area (Å²) in [5.74, 6) is 0.658. The summed E-state index contributed by atoms with van der Waals surface area (Å²) in [5.41, 5.74) is 0.728. The number of carbonyl (C=O) groups is 1. The average Bonchev–Trinajstić information content (AvgIpc) is 2.87. The van der Waals surface area contributed by atoms with Gasteiger partial charge in [0, 0.05) is 5.56 Å². The van der Waals surface area contributed by atoms with Gasteiger partial charge < -0.3 is 19.4 Å². The number of hydrogen-bond acceptors (Lipinski definition) is 4. The van der Waals surface area contributed by atoms with Crippen LogP contribution in [0, 0.1) is 0 Å². The molecule has 1 saturated heterocycles. The van der Waals surface area contributed by atoms with Crippen LogP contribution in [0.25, 0.3) is 0 Å². The number of nitrogens with one attached hydrogen (secondary N) is 1. The van der Waals surface area contributed by atoms with E-state index < -0.39 is 7.12 Å². The molecule has 1 aliphatic rings. The number of benzene rings is 2. The van der Waals surface area contributed by atoms with E-state index in [-0.39, 0.29) is 17.1 Å². The van der Waals surface area contributed by atoms with Crippen molar-refractivity contribution in [2.24, 2.45) is 0 Å². The third-order valence-corrected chi connectivity index (χ3v) is 5.10. The van der Waals surface area contributed by atoms with E-state index in [0.717, 1.165) is 11.2 Å². The van der Waals surface area contributed by atoms with Crippen LogP contribution in [-0.4, -0.2) is 37.4 Å². The second kappa shape index (κ2) is 7.75. The molecule has 2 aromatic carbocycles. The van der Waals surface area contributed by atoms with Crippen molar-refractivity contribution in [1.82, 2.24) is 5.32 Å². The Morgan fingerprint density at radius 2 is 1.56 bits per heavy atom. The molecule has 0 aromatic heterocycles. The van der Waals surface area contributed by atoms with Crippen LogP contribution in [0.3, 0.4) is 0 Å². The van der Waals surface area contributed by atoms with E-state index in [0.29, 0.717) is 18.7 Å². The molecule has 0 bridgehead atoms.